The lowest BCUT2D eigenvalue weighted by Gasteiger charge is -2.25. The number of rotatable bonds is 6. The minimum absolute atomic E-state index is 0.110. The molecule has 1 saturated heterocycles. The topological polar surface area (TPSA) is 71.0 Å². The average Bonchev–Trinajstić information content (AvgIpc) is 2.71. The Morgan fingerprint density at radius 3 is 2.41 bits per heavy atom. The maximum absolute atomic E-state index is 12.0. The number of hydrazone groups is 1. The van der Waals surface area contributed by atoms with Crippen molar-refractivity contribution < 1.29 is 14.3 Å². The number of esters is 1. The largest absolute Gasteiger partial charge is 0.423 e. The lowest BCUT2D eigenvalue weighted by molar-refractivity contribution is -0.122. The summed E-state index contributed by atoms with van der Waals surface area (Å²) in [7, 11) is 0. The third-order valence-electron chi connectivity index (χ3n) is 4.32. The zero-order valence-corrected chi connectivity index (χ0v) is 15.1. The van der Waals surface area contributed by atoms with Gasteiger partial charge in [-0.25, -0.2) is 10.2 Å². The van der Waals surface area contributed by atoms with Crippen LogP contribution in [0.1, 0.15) is 35.2 Å². The van der Waals surface area contributed by atoms with E-state index in [1.54, 1.807) is 54.7 Å². The van der Waals surface area contributed by atoms with Gasteiger partial charge >= 0.3 is 5.97 Å². The van der Waals surface area contributed by atoms with Crippen LogP contribution in [0.3, 0.4) is 0 Å². The first-order valence-corrected chi connectivity index (χ1v) is 9.12. The van der Waals surface area contributed by atoms with Crippen molar-refractivity contribution in [3.05, 3.63) is 65.7 Å². The molecular formula is C21H23N3O3. The molecule has 0 saturated carbocycles. The number of carbonyl (C=O) groups is 2. The van der Waals surface area contributed by atoms with Crippen LogP contribution in [0.5, 0.6) is 5.75 Å². The van der Waals surface area contributed by atoms with Crippen LogP contribution >= 0.6 is 0 Å². The number of ether oxygens (including phenoxy) is 1. The molecule has 1 heterocycles. The van der Waals surface area contributed by atoms with E-state index >= 15 is 0 Å². The van der Waals surface area contributed by atoms with Gasteiger partial charge in [0, 0.05) is 0 Å². The molecule has 0 atom stereocenters. The Hall–Kier alpha value is -2.99. The molecule has 0 spiro atoms. The first kappa shape index (κ1) is 18.8. The van der Waals surface area contributed by atoms with Gasteiger partial charge in [-0.2, -0.15) is 5.10 Å². The second-order valence-electron chi connectivity index (χ2n) is 6.45. The highest BCUT2D eigenvalue weighted by Gasteiger charge is 2.13. The van der Waals surface area contributed by atoms with Gasteiger partial charge in [-0.3, -0.25) is 9.69 Å². The molecule has 140 valence electrons. The highest BCUT2D eigenvalue weighted by atomic mass is 16.5. The van der Waals surface area contributed by atoms with Crippen molar-refractivity contribution in [2.24, 2.45) is 5.10 Å². The summed E-state index contributed by atoms with van der Waals surface area (Å²) in [6.07, 6.45) is 5.11. The summed E-state index contributed by atoms with van der Waals surface area (Å²) in [4.78, 5) is 26.0. The predicted octanol–water partition coefficient (Wildman–Crippen LogP) is 2.84. The third kappa shape index (κ3) is 6.04. The molecule has 1 N–H and O–H groups in total. The van der Waals surface area contributed by atoms with Crippen LogP contribution < -0.4 is 10.2 Å². The standard InChI is InChI=1S/C21H23N3O3/c25-20(16-24-13-5-2-6-14-24)23-22-15-17-9-11-19(12-10-17)27-21(26)18-7-3-1-4-8-18/h1,3-4,7-12,15H,2,5-6,13-14,16H2,(H,23,25)/b22-15-. The van der Waals surface area contributed by atoms with E-state index in [1.165, 1.54) is 6.42 Å². The zero-order chi connectivity index (χ0) is 18.9. The second kappa shape index (κ2) is 9.64. The molecule has 1 amide bonds. The van der Waals surface area contributed by atoms with Gasteiger partial charge in [-0.1, -0.05) is 24.6 Å². The van der Waals surface area contributed by atoms with E-state index in [0.717, 1.165) is 31.5 Å². The van der Waals surface area contributed by atoms with Gasteiger partial charge in [-0.05, 0) is 67.9 Å². The number of benzene rings is 2. The van der Waals surface area contributed by atoms with Crippen molar-refractivity contribution in [1.82, 2.24) is 10.3 Å². The normalized spacial score (nSPS) is 14.8. The zero-order valence-electron chi connectivity index (χ0n) is 15.1. The fraction of sp³-hybridized carbons (Fsp3) is 0.286. The SMILES string of the molecule is O=C(CN1CCCCC1)N/N=C\c1ccc(OC(=O)c2ccccc2)cc1. The Balaban J connectivity index is 1.46. The van der Waals surface area contributed by atoms with Gasteiger partial charge in [0.05, 0.1) is 18.3 Å². The number of nitrogens with one attached hydrogen (secondary N) is 1. The molecule has 2 aromatic carbocycles. The molecule has 1 aliphatic heterocycles. The molecule has 0 unspecified atom stereocenters. The van der Waals surface area contributed by atoms with Crippen LogP contribution in [0.15, 0.2) is 59.7 Å². The highest BCUT2D eigenvalue weighted by Crippen LogP contribution is 2.13. The quantitative estimate of drug-likeness (QED) is 0.370. The third-order valence-corrected chi connectivity index (χ3v) is 4.32. The molecule has 0 bridgehead atoms. The van der Waals surface area contributed by atoms with Crippen molar-refractivity contribution in [1.29, 1.82) is 0 Å². The average molecular weight is 365 g/mol. The highest BCUT2D eigenvalue weighted by molar-refractivity contribution is 5.91. The van der Waals surface area contributed by atoms with Gasteiger partial charge in [0.2, 0.25) is 0 Å². The number of hydrogen-bond donors (Lipinski definition) is 1. The van der Waals surface area contributed by atoms with Crippen molar-refractivity contribution in [2.75, 3.05) is 19.6 Å². The molecule has 27 heavy (non-hydrogen) atoms. The predicted molar refractivity (Wildman–Crippen MR) is 104 cm³/mol. The molecule has 2 aromatic rings. The van der Waals surface area contributed by atoms with Crippen LogP contribution in [0.4, 0.5) is 0 Å². The van der Waals surface area contributed by atoms with Crippen molar-refractivity contribution in [3.63, 3.8) is 0 Å². The molecule has 6 nitrogen and oxygen atoms in total. The van der Waals surface area contributed by atoms with E-state index < -0.39 is 5.97 Å². The van der Waals surface area contributed by atoms with Crippen LogP contribution in [-0.2, 0) is 4.79 Å². The van der Waals surface area contributed by atoms with Crippen LogP contribution in [0.2, 0.25) is 0 Å². The number of hydrogen-bond acceptors (Lipinski definition) is 5. The first-order valence-electron chi connectivity index (χ1n) is 9.12. The second-order valence-corrected chi connectivity index (χ2v) is 6.45. The van der Waals surface area contributed by atoms with E-state index in [9.17, 15) is 9.59 Å². The summed E-state index contributed by atoms with van der Waals surface area (Å²) in [5, 5.41) is 3.99. The molecule has 0 aromatic heterocycles. The van der Waals surface area contributed by atoms with Crippen molar-refractivity contribution >= 4 is 18.1 Å². The lowest BCUT2D eigenvalue weighted by atomic mass is 10.1. The Morgan fingerprint density at radius 1 is 1.00 bits per heavy atom. The van der Waals surface area contributed by atoms with Crippen molar-refractivity contribution in [3.8, 4) is 5.75 Å². The van der Waals surface area contributed by atoms with Gasteiger partial charge < -0.3 is 4.74 Å². The lowest BCUT2D eigenvalue weighted by Crippen LogP contribution is -2.38. The number of piperidine rings is 1. The Morgan fingerprint density at radius 2 is 1.70 bits per heavy atom. The first-order chi connectivity index (χ1) is 13.2. The summed E-state index contributed by atoms with van der Waals surface area (Å²) in [5.41, 5.74) is 3.85. The van der Waals surface area contributed by atoms with Crippen LogP contribution in [-0.4, -0.2) is 42.6 Å². The smallest absolute Gasteiger partial charge is 0.343 e. The Kier molecular flexibility index (Phi) is 6.71. The Labute approximate surface area is 158 Å². The van der Waals surface area contributed by atoms with Crippen LogP contribution in [0, 0.1) is 0 Å². The van der Waals surface area contributed by atoms with Gasteiger partial charge in [-0.15, -0.1) is 0 Å². The van der Waals surface area contributed by atoms with Gasteiger partial charge in [0.15, 0.2) is 0 Å². The fourth-order valence-corrected chi connectivity index (χ4v) is 2.90. The van der Waals surface area contributed by atoms with E-state index in [1.807, 2.05) is 6.07 Å². The van der Waals surface area contributed by atoms with Gasteiger partial charge in [0.1, 0.15) is 5.75 Å². The van der Waals surface area contributed by atoms with Gasteiger partial charge in [0.25, 0.3) is 5.91 Å². The molecule has 3 rings (SSSR count). The number of amides is 1. The number of likely N-dealkylation sites (tertiary alicyclic amines) is 1. The molecule has 6 heteroatoms. The van der Waals surface area contributed by atoms with E-state index in [2.05, 4.69) is 15.4 Å². The minimum atomic E-state index is -0.401. The summed E-state index contributed by atoms with van der Waals surface area (Å²) >= 11 is 0. The van der Waals surface area contributed by atoms with E-state index in [0.29, 0.717) is 17.9 Å². The van der Waals surface area contributed by atoms with E-state index in [-0.39, 0.29) is 5.91 Å². The molecule has 1 aliphatic rings. The fourth-order valence-electron chi connectivity index (χ4n) is 2.90. The molecule has 0 aliphatic carbocycles. The van der Waals surface area contributed by atoms with E-state index in [4.69, 9.17) is 4.74 Å². The molecular weight excluding hydrogens is 342 g/mol. The summed E-state index contributed by atoms with van der Waals surface area (Å²) in [6, 6.07) is 15.8. The summed E-state index contributed by atoms with van der Waals surface area (Å²) in [5.74, 6) is -0.0568. The molecule has 0 radical (unpaired) electrons. The maximum atomic E-state index is 12.0. The van der Waals surface area contributed by atoms with Crippen molar-refractivity contribution in [2.45, 2.75) is 19.3 Å². The minimum Gasteiger partial charge on any atom is -0.423 e. The molecule has 1 fully saturated rings. The number of carbonyl (C=O) groups excluding carboxylic acids is 2. The summed E-state index contributed by atoms with van der Waals surface area (Å²) < 4.78 is 5.32. The summed E-state index contributed by atoms with van der Waals surface area (Å²) in [6.45, 7) is 2.33. The number of nitrogens with zero attached hydrogens (tertiary/aromatic N) is 2. The Bertz CT molecular complexity index is 782. The monoisotopic (exact) mass is 365 g/mol. The maximum Gasteiger partial charge on any atom is 0.343 e. The van der Waals surface area contributed by atoms with Crippen LogP contribution in [0.25, 0.3) is 0 Å².